The minimum Gasteiger partial charge on any atom is -0.463 e. The summed E-state index contributed by atoms with van der Waals surface area (Å²) in [5, 5.41) is 0.843. The van der Waals surface area contributed by atoms with Crippen molar-refractivity contribution in [3.63, 3.8) is 0 Å². The minimum atomic E-state index is -0.338. The highest BCUT2D eigenvalue weighted by atomic mass is 32.1. The zero-order valence-electron chi connectivity index (χ0n) is 13.9. The Kier molecular flexibility index (Phi) is 4.76. The molecule has 0 aliphatic rings. The molecule has 0 radical (unpaired) electrons. The first-order valence-corrected chi connectivity index (χ1v) is 8.69. The van der Waals surface area contributed by atoms with Gasteiger partial charge in [0, 0.05) is 6.08 Å². The van der Waals surface area contributed by atoms with Gasteiger partial charge in [-0.25, -0.2) is 14.8 Å². The van der Waals surface area contributed by atoms with Crippen LogP contribution >= 0.6 is 11.3 Å². The van der Waals surface area contributed by atoms with E-state index in [1.54, 1.807) is 19.3 Å². The van der Waals surface area contributed by atoms with Gasteiger partial charge in [0.15, 0.2) is 5.13 Å². The van der Waals surface area contributed by atoms with E-state index in [0.717, 1.165) is 26.7 Å². The molecule has 0 aliphatic heterocycles. The van der Waals surface area contributed by atoms with Crippen molar-refractivity contribution in [3.05, 3.63) is 47.2 Å². The van der Waals surface area contributed by atoms with Gasteiger partial charge in [0.25, 0.3) is 0 Å². The van der Waals surface area contributed by atoms with Gasteiger partial charge >= 0.3 is 5.97 Å². The predicted octanol–water partition coefficient (Wildman–Crippen LogP) is 4.18. The number of thiazole rings is 1. The van der Waals surface area contributed by atoms with Gasteiger partial charge in [-0.15, -0.1) is 0 Å². The normalized spacial score (nSPS) is 11.7. The molecule has 0 bridgehead atoms. The molecule has 0 amide bonds. The van der Waals surface area contributed by atoms with E-state index >= 15 is 0 Å². The molecule has 3 aromatic rings. The zero-order chi connectivity index (χ0) is 17.1. The maximum atomic E-state index is 11.6. The van der Waals surface area contributed by atoms with E-state index in [0.29, 0.717) is 6.61 Å². The number of hydrogen-bond donors (Lipinski definition) is 0. The van der Waals surface area contributed by atoms with Crippen molar-refractivity contribution >= 4 is 34.4 Å². The van der Waals surface area contributed by atoms with Gasteiger partial charge in [0.05, 0.1) is 28.2 Å². The molecule has 0 spiro atoms. The summed E-state index contributed by atoms with van der Waals surface area (Å²) < 4.78 is 6.92. The lowest BCUT2D eigenvalue weighted by Crippen LogP contribution is -1.99. The number of fused-ring (bicyclic) bond motifs is 1. The summed E-state index contributed by atoms with van der Waals surface area (Å²) in [4.78, 5) is 21.7. The van der Waals surface area contributed by atoms with Crippen molar-refractivity contribution in [2.24, 2.45) is 0 Å². The van der Waals surface area contributed by atoms with Gasteiger partial charge in [0.1, 0.15) is 6.33 Å². The Morgan fingerprint density at radius 3 is 2.92 bits per heavy atom. The molecule has 124 valence electrons. The molecule has 0 aliphatic carbocycles. The highest BCUT2D eigenvalue weighted by Gasteiger charge is 2.15. The van der Waals surface area contributed by atoms with Crippen LogP contribution in [0.1, 0.15) is 37.3 Å². The highest BCUT2D eigenvalue weighted by molar-refractivity contribution is 7.15. The second-order valence-electron chi connectivity index (χ2n) is 5.59. The molecule has 0 N–H and O–H groups in total. The molecular weight excluding hydrogens is 322 g/mol. The number of nitrogens with zero attached hydrogens (tertiary/aromatic N) is 3. The number of para-hydroxylation sites is 2. The van der Waals surface area contributed by atoms with E-state index in [2.05, 4.69) is 18.8 Å². The van der Waals surface area contributed by atoms with Gasteiger partial charge < -0.3 is 4.74 Å². The lowest BCUT2D eigenvalue weighted by atomic mass is 10.1. The van der Waals surface area contributed by atoms with Crippen LogP contribution < -0.4 is 0 Å². The fourth-order valence-electron chi connectivity index (χ4n) is 2.41. The molecule has 1 aromatic carbocycles. The lowest BCUT2D eigenvalue weighted by Gasteiger charge is -2.01. The number of esters is 1. The fraction of sp³-hybridized carbons (Fsp3) is 0.278. The standard InChI is InChI=1S/C18H19N3O2S/c1-4-23-16(22)10-9-15-17(12(2)3)20-18(24-15)21-11-19-13-7-5-6-8-14(13)21/h5-12H,4H2,1-3H3. The first-order valence-electron chi connectivity index (χ1n) is 7.88. The van der Waals surface area contributed by atoms with Crippen molar-refractivity contribution in [1.82, 2.24) is 14.5 Å². The maximum Gasteiger partial charge on any atom is 0.330 e. The molecule has 0 atom stereocenters. The SMILES string of the molecule is CCOC(=O)C=Cc1sc(-n2cnc3ccccc32)nc1C(C)C. The number of carbonyl (C=O) groups excluding carboxylic acids is 1. The van der Waals surface area contributed by atoms with Crippen LogP contribution in [0.4, 0.5) is 0 Å². The van der Waals surface area contributed by atoms with Crippen LogP contribution in [0.15, 0.2) is 36.7 Å². The molecule has 0 unspecified atom stereocenters. The highest BCUT2D eigenvalue weighted by Crippen LogP contribution is 2.30. The Labute approximate surface area is 144 Å². The summed E-state index contributed by atoms with van der Waals surface area (Å²) in [7, 11) is 0. The van der Waals surface area contributed by atoms with E-state index in [4.69, 9.17) is 9.72 Å². The van der Waals surface area contributed by atoms with Crippen LogP contribution in [0, 0.1) is 0 Å². The number of carbonyl (C=O) groups is 1. The first kappa shape index (κ1) is 16.4. The summed E-state index contributed by atoms with van der Waals surface area (Å²) >= 11 is 1.54. The largest absolute Gasteiger partial charge is 0.463 e. The van der Waals surface area contributed by atoms with Crippen LogP contribution in [0.2, 0.25) is 0 Å². The topological polar surface area (TPSA) is 57.0 Å². The minimum absolute atomic E-state index is 0.256. The van der Waals surface area contributed by atoms with Gasteiger partial charge in [-0.2, -0.15) is 0 Å². The molecule has 5 nitrogen and oxygen atoms in total. The van der Waals surface area contributed by atoms with Crippen molar-refractivity contribution < 1.29 is 9.53 Å². The summed E-state index contributed by atoms with van der Waals surface area (Å²) in [5.74, 6) is -0.0816. The van der Waals surface area contributed by atoms with Crippen LogP contribution in [0.5, 0.6) is 0 Å². The summed E-state index contributed by atoms with van der Waals surface area (Å²) in [6, 6.07) is 7.95. The number of aromatic nitrogens is 3. The second-order valence-corrected chi connectivity index (χ2v) is 6.60. The Balaban J connectivity index is 2.01. The number of benzene rings is 1. The molecule has 0 saturated heterocycles. The third-order valence-electron chi connectivity index (χ3n) is 3.53. The van der Waals surface area contributed by atoms with Crippen LogP contribution in [0.25, 0.3) is 22.2 Å². The molecule has 2 aromatic heterocycles. The third-order valence-corrected chi connectivity index (χ3v) is 4.57. The Bertz CT molecular complexity index is 893. The zero-order valence-corrected chi connectivity index (χ0v) is 14.7. The van der Waals surface area contributed by atoms with Crippen LogP contribution in [-0.2, 0) is 9.53 Å². The summed E-state index contributed by atoms with van der Waals surface area (Å²) in [6.07, 6.45) is 5.03. The molecule has 3 rings (SSSR count). The van der Waals surface area contributed by atoms with Gasteiger partial charge in [-0.05, 0) is 31.1 Å². The van der Waals surface area contributed by atoms with E-state index in [1.165, 1.54) is 17.4 Å². The van der Waals surface area contributed by atoms with E-state index < -0.39 is 0 Å². The van der Waals surface area contributed by atoms with Gasteiger partial charge in [0.2, 0.25) is 0 Å². The van der Waals surface area contributed by atoms with E-state index in [-0.39, 0.29) is 11.9 Å². The number of hydrogen-bond acceptors (Lipinski definition) is 5. The summed E-state index contributed by atoms with van der Waals surface area (Å²) in [5.41, 5.74) is 2.92. The molecule has 24 heavy (non-hydrogen) atoms. The average Bonchev–Trinajstić information content (AvgIpc) is 3.17. The predicted molar refractivity (Wildman–Crippen MR) is 96.5 cm³/mol. The summed E-state index contributed by atoms with van der Waals surface area (Å²) in [6.45, 7) is 6.34. The van der Waals surface area contributed by atoms with Crippen molar-refractivity contribution in [2.75, 3.05) is 6.61 Å². The quantitative estimate of drug-likeness (QED) is 0.516. The van der Waals surface area contributed by atoms with Crippen molar-refractivity contribution in [3.8, 4) is 5.13 Å². The average molecular weight is 341 g/mol. The molecule has 0 fully saturated rings. The lowest BCUT2D eigenvalue weighted by molar-refractivity contribution is -0.137. The van der Waals surface area contributed by atoms with Gasteiger partial charge in [-0.1, -0.05) is 37.3 Å². The smallest absolute Gasteiger partial charge is 0.330 e. The molecule has 0 saturated carbocycles. The monoisotopic (exact) mass is 341 g/mol. The Morgan fingerprint density at radius 1 is 1.38 bits per heavy atom. The number of ether oxygens (including phenoxy) is 1. The van der Waals surface area contributed by atoms with Crippen molar-refractivity contribution in [2.45, 2.75) is 26.7 Å². The van der Waals surface area contributed by atoms with Crippen LogP contribution in [0.3, 0.4) is 0 Å². The molecule has 2 heterocycles. The molecule has 6 heteroatoms. The first-order chi connectivity index (χ1) is 11.6. The van der Waals surface area contributed by atoms with E-state index in [9.17, 15) is 4.79 Å². The number of rotatable bonds is 5. The number of imidazole rings is 1. The fourth-order valence-corrected chi connectivity index (χ4v) is 3.52. The van der Waals surface area contributed by atoms with Crippen molar-refractivity contribution in [1.29, 1.82) is 0 Å². The second kappa shape index (κ2) is 6.97. The third kappa shape index (κ3) is 3.23. The Hall–Kier alpha value is -2.47. The maximum absolute atomic E-state index is 11.6. The molecular formula is C18H19N3O2S. The Morgan fingerprint density at radius 2 is 2.17 bits per heavy atom. The van der Waals surface area contributed by atoms with Crippen LogP contribution in [-0.4, -0.2) is 27.1 Å². The van der Waals surface area contributed by atoms with Gasteiger partial charge in [-0.3, -0.25) is 4.57 Å². The van der Waals surface area contributed by atoms with E-state index in [1.807, 2.05) is 28.8 Å².